The minimum absolute atomic E-state index is 0.176. The van der Waals surface area contributed by atoms with Crippen LogP contribution in [-0.4, -0.2) is 18.6 Å². The average molecular weight is 291 g/mol. The van der Waals surface area contributed by atoms with Crippen LogP contribution in [0.2, 0.25) is 0 Å². The molecular weight excluding hydrogens is 283 g/mol. The van der Waals surface area contributed by atoms with Crippen molar-refractivity contribution < 1.29 is 21.6 Å². The Labute approximate surface area is 106 Å². The summed E-state index contributed by atoms with van der Waals surface area (Å²) in [4.78, 5) is 0. The van der Waals surface area contributed by atoms with Crippen molar-refractivity contribution in [3.63, 3.8) is 0 Å². The minimum atomic E-state index is -4.53. The lowest BCUT2D eigenvalue weighted by atomic mass is 10.2. The molecule has 0 fully saturated rings. The molecular formula is C10H8F3N3O2S. The Hall–Kier alpha value is -2.03. The van der Waals surface area contributed by atoms with Gasteiger partial charge in [0.25, 0.3) is 10.0 Å². The number of H-pyrrole nitrogens is 1. The molecule has 1 aromatic heterocycles. The predicted octanol–water partition coefficient (Wildman–Crippen LogP) is 2.23. The highest BCUT2D eigenvalue weighted by Crippen LogP contribution is 2.31. The normalized spacial score (nSPS) is 12.4. The molecule has 0 bridgehead atoms. The van der Waals surface area contributed by atoms with Crippen LogP contribution in [0.15, 0.2) is 41.6 Å². The molecule has 0 spiro atoms. The summed E-state index contributed by atoms with van der Waals surface area (Å²) in [6, 6.07) is 5.11. The van der Waals surface area contributed by atoms with E-state index in [1.807, 2.05) is 4.72 Å². The Bertz CT molecular complexity index is 666. The topological polar surface area (TPSA) is 74.8 Å². The van der Waals surface area contributed by atoms with Gasteiger partial charge in [-0.3, -0.25) is 9.82 Å². The Morgan fingerprint density at radius 2 is 1.95 bits per heavy atom. The molecule has 19 heavy (non-hydrogen) atoms. The zero-order valence-electron chi connectivity index (χ0n) is 9.27. The van der Waals surface area contributed by atoms with Crippen LogP contribution in [0.1, 0.15) is 5.56 Å². The van der Waals surface area contributed by atoms with E-state index in [0.29, 0.717) is 6.07 Å². The lowest BCUT2D eigenvalue weighted by molar-refractivity contribution is -0.137. The van der Waals surface area contributed by atoms with Gasteiger partial charge in [0.2, 0.25) is 0 Å². The Morgan fingerprint density at radius 3 is 2.53 bits per heavy atom. The molecule has 0 aliphatic carbocycles. The lowest BCUT2D eigenvalue weighted by Gasteiger charge is -2.10. The molecule has 0 unspecified atom stereocenters. The second-order valence-corrected chi connectivity index (χ2v) is 5.26. The second-order valence-electron chi connectivity index (χ2n) is 3.60. The number of hydrogen-bond donors (Lipinski definition) is 2. The largest absolute Gasteiger partial charge is 0.416 e. The van der Waals surface area contributed by atoms with Crippen molar-refractivity contribution >= 4 is 15.7 Å². The van der Waals surface area contributed by atoms with Crippen molar-refractivity contribution in [1.29, 1.82) is 0 Å². The summed E-state index contributed by atoms with van der Waals surface area (Å²) in [5.74, 6) is 0. The highest BCUT2D eigenvalue weighted by atomic mass is 32.2. The van der Waals surface area contributed by atoms with Gasteiger partial charge in [-0.25, -0.2) is 0 Å². The number of nitrogens with one attached hydrogen (secondary N) is 2. The average Bonchev–Trinajstić information content (AvgIpc) is 2.81. The van der Waals surface area contributed by atoms with Gasteiger partial charge in [-0.05, 0) is 24.3 Å². The van der Waals surface area contributed by atoms with Crippen LogP contribution in [0.4, 0.5) is 18.9 Å². The van der Waals surface area contributed by atoms with Crippen molar-refractivity contribution in [1.82, 2.24) is 10.2 Å². The van der Waals surface area contributed by atoms with Gasteiger partial charge in [0, 0.05) is 5.69 Å². The van der Waals surface area contributed by atoms with E-state index in [1.165, 1.54) is 18.3 Å². The van der Waals surface area contributed by atoms with Crippen LogP contribution in [-0.2, 0) is 16.2 Å². The van der Waals surface area contributed by atoms with Crippen LogP contribution in [0.3, 0.4) is 0 Å². The van der Waals surface area contributed by atoms with Gasteiger partial charge in [0.15, 0.2) is 5.03 Å². The quantitative estimate of drug-likeness (QED) is 0.910. The zero-order chi connectivity index (χ0) is 14.1. The maximum absolute atomic E-state index is 12.5. The first-order chi connectivity index (χ1) is 8.79. The van der Waals surface area contributed by atoms with Gasteiger partial charge < -0.3 is 0 Å². The van der Waals surface area contributed by atoms with E-state index in [9.17, 15) is 21.6 Å². The van der Waals surface area contributed by atoms with Crippen molar-refractivity contribution in [2.75, 3.05) is 4.72 Å². The molecule has 0 radical (unpaired) electrons. The molecule has 0 amide bonds. The number of hydrogen-bond acceptors (Lipinski definition) is 3. The molecule has 0 atom stereocenters. The summed E-state index contributed by atoms with van der Waals surface area (Å²) in [7, 11) is -3.97. The first-order valence-electron chi connectivity index (χ1n) is 4.98. The predicted molar refractivity (Wildman–Crippen MR) is 60.8 cm³/mol. The third kappa shape index (κ3) is 3.05. The summed E-state index contributed by atoms with van der Waals surface area (Å²) < 4.78 is 63.0. The van der Waals surface area contributed by atoms with Crippen molar-refractivity contribution in [3.8, 4) is 0 Å². The Kier molecular flexibility index (Phi) is 3.23. The Morgan fingerprint density at radius 1 is 1.21 bits per heavy atom. The van der Waals surface area contributed by atoms with Gasteiger partial charge in [-0.1, -0.05) is 6.07 Å². The Balaban J connectivity index is 2.30. The maximum atomic E-state index is 12.5. The first kappa shape index (κ1) is 13.4. The molecule has 2 aromatic rings. The number of alkyl halides is 3. The third-order valence-corrected chi connectivity index (χ3v) is 3.52. The molecule has 1 aromatic carbocycles. The molecule has 2 rings (SSSR count). The van der Waals surface area contributed by atoms with Crippen molar-refractivity contribution in [2.45, 2.75) is 11.2 Å². The summed E-state index contributed by atoms with van der Waals surface area (Å²) in [5, 5.41) is 5.45. The zero-order valence-corrected chi connectivity index (χ0v) is 10.1. The fraction of sp³-hybridized carbons (Fsp3) is 0.100. The molecule has 102 valence electrons. The number of anilines is 1. The van der Waals surface area contributed by atoms with Gasteiger partial charge in [0.1, 0.15) is 0 Å². The van der Waals surface area contributed by atoms with Crippen LogP contribution in [0.25, 0.3) is 0 Å². The first-order valence-corrected chi connectivity index (χ1v) is 6.47. The maximum Gasteiger partial charge on any atom is 0.416 e. The fourth-order valence-electron chi connectivity index (χ4n) is 1.36. The standard InChI is InChI=1S/C10H8F3N3O2S/c11-10(12,13)7-2-1-3-8(6-7)16-19(17,18)9-4-5-14-15-9/h1-6,16H,(H,14,15). The highest BCUT2D eigenvalue weighted by molar-refractivity contribution is 7.92. The van der Waals surface area contributed by atoms with E-state index in [4.69, 9.17) is 0 Å². The number of aromatic nitrogens is 2. The van der Waals surface area contributed by atoms with Crippen molar-refractivity contribution in [3.05, 3.63) is 42.1 Å². The molecule has 0 aliphatic heterocycles. The third-order valence-electron chi connectivity index (χ3n) is 2.21. The molecule has 1 heterocycles. The smallest absolute Gasteiger partial charge is 0.278 e. The van der Waals surface area contributed by atoms with E-state index >= 15 is 0 Å². The van der Waals surface area contributed by atoms with Crippen LogP contribution in [0, 0.1) is 0 Å². The van der Waals surface area contributed by atoms with E-state index < -0.39 is 21.8 Å². The molecule has 9 heteroatoms. The number of nitrogens with zero attached hydrogens (tertiary/aromatic N) is 1. The number of aromatic amines is 1. The molecule has 0 aliphatic rings. The van der Waals surface area contributed by atoms with Gasteiger partial charge >= 0.3 is 6.18 Å². The summed E-state index contributed by atoms with van der Waals surface area (Å²) >= 11 is 0. The van der Waals surface area contributed by atoms with Crippen molar-refractivity contribution in [2.24, 2.45) is 0 Å². The molecule has 5 nitrogen and oxygen atoms in total. The number of halogens is 3. The summed E-state index contributed by atoms with van der Waals surface area (Å²) in [6.07, 6.45) is -3.31. The monoisotopic (exact) mass is 291 g/mol. The van der Waals surface area contributed by atoms with Gasteiger partial charge in [-0.2, -0.15) is 26.7 Å². The number of rotatable bonds is 3. The van der Waals surface area contributed by atoms with Gasteiger partial charge in [-0.15, -0.1) is 0 Å². The summed E-state index contributed by atoms with van der Waals surface area (Å²) in [6.45, 7) is 0. The van der Waals surface area contributed by atoms with E-state index in [2.05, 4.69) is 10.2 Å². The highest BCUT2D eigenvalue weighted by Gasteiger charge is 2.30. The minimum Gasteiger partial charge on any atom is -0.278 e. The molecule has 2 N–H and O–H groups in total. The van der Waals surface area contributed by atoms with E-state index in [-0.39, 0.29) is 10.7 Å². The van der Waals surface area contributed by atoms with Crippen LogP contribution in [0.5, 0.6) is 0 Å². The lowest BCUT2D eigenvalue weighted by Crippen LogP contribution is -2.14. The summed E-state index contributed by atoms with van der Waals surface area (Å²) in [5.41, 5.74) is -1.11. The molecule has 0 saturated heterocycles. The second kappa shape index (κ2) is 4.57. The number of benzene rings is 1. The van der Waals surface area contributed by atoms with Crippen LogP contribution < -0.4 is 4.72 Å². The molecule has 0 saturated carbocycles. The van der Waals surface area contributed by atoms with Crippen LogP contribution >= 0.6 is 0 Å². The SMILES string of the molecule is O=S(=O)(Nc1cccc(C(F)(F)F)c1)c1ccn[nH]1. The fourth-order valence-corrected chi connectivity index (χ4v) is 2.32. The van der Waals surface area contributed by atoms with E-state index in [1.54, 1.807) is 0 Å². The van der Waals surface area contributed by atoms with Gasteiger partial charge in [0.05, 0.1) is 11.8 Å². The van der Waals surface area contributed by atoms with E-state index in [0.717, 1.165) is 12.1 Å². The number of sulfonamides is 1.